The van der Waals surface area contributed by atoms with Gasteiger partial charge in [0.05, 0.1) is 21.3 Å². The molecular weight excluding hydrogens is 391 g/mol. The molecule has 1 N–H and O–H groups in total. The molecule has 2 aromatic carbocycles. The average Bonchev–Trinajstić information content (AvgIpc) is 2.42. The summed E-state index contributed by atoms with van der Waals surface area (Å²) in [4.78, 5) is 12.1. The predicted molar refractivity (Wildman–Crippen MR) is 80.9 cm³/mol. The normalized spacial score (nSPS) is 9.90. The number of amides is 1. The van der Waals surface area contributed by atoms with Crippen molar-refractivity contribution in [1.82, 2.24) is 0 Å². The number of carbonyl (C=O) groups excluding carboxylic acids is 1. The van der Waals surface area contributed by atoms with E-state index in [1.807, 2.05) is 6.07 Å². The van der Waals surface area contributed by atoms with Crippen LogP contribution in [-0.4, -0.2) is 5.91 Å². The third-order valence-electron chi connectivity index (χ3n) is 2.55. The highest BCUT2D eigenvalue weighted by Crippen LogP contribution is 2.23. The first kappa shape index (κ1) is 14.7. The van der Waals surface area contributed by atoms with Crippen LogP contribution in [0.5, 0.6) is 0 Å². The van der Waals surface area contributed by atoms with E-state index in [0.717, 1.165) is 0 Å². The average molecular weight is 398 g/mol. The number of benzene rings is 2. The summed E-state index contributed by atoms with van der Waals surface area (Å²) in [7, 11) is 0. The van der Waals surface area contributed by atoms with Crippen LogP contribution < -0.4 is 5.32 Å². The lowest BCUT2D eigenvalue weighted by atomic mass is 10.1. The van der Waals surface area contributed by atoms with Gasteiger partial charge in [0.15, 0.2) is 0 Å². The van der Waals surface area contributed by atoms with Crippen molar-refractivity contribution in [3.63, 3.8) is 0 Å². The minimum absolute atomic E-state index is 0.0942. The number of hydrogen-bond donors (Lipinski definition) is 1. The highest BCUT2D eigenvalue weighted by Gasteiger charge is 2.15. The van der Waals surface area contributed by atoms with Crippen LogP contribution in [-0.2, 0) is 0 Å². The number of carbonyl (C=O) groups is 1. The van der Waals surface area contributed by atoms with E-state index in [0.29, 0.717) is 15.7 Å². The third kappa shape index (κ3) is 3.06. The van der Waals surface area contributed by atoms with Gasteiger partial charge in [0, 0.05) is 4.47 Å². The SMILES string of the molecule is N#Cc1ccc(Br)cc1NC(=O)c1cccc(Br)c1F. The first-order chi connectivity index (χ1) is 9.52. The quantitative estimate of drug-likeness (QED) is 0.812. The summed E-state index contributed by atoms with van der Waals surface area (Å²) < 4.78 is 14.8. The molecule has 0 atom stereocenters. The van der Waals surface area contributed by atoms with E-state index in [-0.39, 0.29) is 10.0 Å². The maximum atomic E-state index is 13.8. The van der Waals surface area contributed by atoms with Crippen LogP contribution in [0.25, 0.3) is 0 Å². The fourth-order valence-corrected chi connectivity index (χ4v) is 2.31. The van der Waals surface area contributed by atoms with Crippen molar-refractivity contribution >= 4 is 43.5 Å². The Labute approximate surface area is 131 Å². The topological polar surface area (TPSA) is 52.9 Å². The Morgan fingerprint density at radius 2 is 2.00 bits per heavy atom. The van der Waals surface area contributed by atoms with Gasteiger partial charge in [-0.05, 0) is 46.3 Å². The van der Waals surface area contributed by atoms with E-state index in [1.54, 1.807) is 24.3 Å². The minimum Gasteiger partial charge on any atom is -0.321 e. The number of hydrogen-bond acceptors (Lipinski definition) is 2. The standard InChI is InChI=1S/C14H7Br2FN2O/c15-9-5-4-8(7-18)12(6-9)19-14(20)10-2-1-3-11(16)13(10)17/h1-6H,(H,19,20). The zero-order valence-electron chi connectivity index (χ0n) is 9.95. The highest BCUT2D eigenvalue weighted by atomic mass is 79.9. The molecule has 3 nitrogen and oxygen atoms in total. The monoisotopic (exact) mass is 396 g/mol. The third-order valence-corrected chi connectivity index (χ3v) is 3.65. The molecule has 0 radical (unpaired) electrons. The fourth-order valence-electron chi connectivity index (χ4n) is 1.59. The van der Waals surface area contributed by atoms with Crippen molar-refractivity contribution < 1.29 is 9.18 Å². The Bertz CT molecular complexity index is 726. The molecule has 0 aliphatic heterocycles. The van der Waals surface area contributed by atoms with Crippen molar-refractivity contribution in [2.75, 3.05) is 5.32 Å². The largest absolute Gasteiger partial charge is 0.321 e. The molecule has 20 heavy (non-hydrogen) atoms. The van der Waals surface area contributed by atoms with Crippen LogP contribution in [0.15, 0.2) is 45.3 Å². The molecule has 100 valence electrons. The van der Waals surface area contributed by atoms with Gasteiger partial charge in [-0.2, -0.15) is 5.26 Å². The molecule has 0 heterocycles. The Morgan fingerprint density at radius 3 is 2.70 bits per heavy atom. The van der Waals surface area contributed by atoms with E-state index >= 15 is 0 Å². The Kier molecular flexibility index (Phi) is 4.53. The van der Waals surface area contributed by atoms with Gasteiger partial charge in [0.1, 0.15) is 11.9 Å². The van der Waals surface area contributed by atoms with Crippen molar-refractivity contribution in [2.24, 2.45) is 0 Å². The molecule has 0 bridgehead atoms. The van der Waals surface area contributed by atoms with Gasteiger partial charge in [0.25, 0.3) is 5.91 Å². The maximum Gasteiger partial charge on any atom is 0.258 e. The van der Waals surface area contributed by atoms with Crippen LogP contribution >= 0.6 is 31.9 Å². The van der Waals surface area contributed by atoms with Crippen LogP contribution in [0.1, 0.15) is 15.9 Å². The number of anilines is 1. The lowest BCUT2D eigenvalue weighted by molar-refractivity contribution is 0.102. The van der Waals surface area contributed by atoms with Crippen molar-refractivity contribution in [3.05, 3.63) is 62.3 Å². The van der Waals surface area contributed by atoms with E-state index < -0.39 is 11.7 Å². The van der Waals surface area contributed by atoms with Crippen molar-refractivity contribution in [3.8, 4) is 6.07 Å². The smallest absolute Gasteiger partial charge is 0.258 e. The zero-order chi connectivity index (χ0) is 14.7. The molecule has 0 aliphatic rings. The van der Waals surface area contributed by atoms with Gasteiger partial charge < -0.3 is 5.32 Å². The molecule has 0 aromatic heterocycles. The summed E-state index contributed by atoms with van der Waals surface area (Å²) in [6.07, 6.45) is 0. The second-order valence-electron chi connectivity index (χ2n) is 3.86. The number of nitriles is 1. The highest BCUT2D eigenvalue weighted by molar-refractivity contribution is 9.10. The maximum absolute atomic E-state index is 13.8. The predicted octanol–water partition coefficient (Wildman–Crippen LogP) is 4.47. The van der Waals surface area contributed by atoms with Crippen molar-refractivity contribution in [2.45, 2.75) is 0 Å². The molecular formula is C14H7Br2FN2O. The molecule has 6 heteroatoms. The molecule has 0 saturated carbocycles. The van der Waals surface area contributed by atoms with Crippen LogP contribution in [0, 0.1) is 17.1 Å². The number of nitrogens with zero attached hydrogens (tertiary/aromatic N) is 1. The van der Waals surface area contributed by atoms with Gasteiger partial charge in [-0.25, -0.2) is 4.39 Å². The van der Waals surface area contributed by atoms with Crippen molar-refractivity contribution in [1.29, 1.82) is 5.26 Å². The van der Waals surface area contributed by atoms with E-state index in [4.69, 9.17) is 5.26 Å². The van der Waals surface area contributed by atoms with Crippen LogP contribution in [0.2, 0.25) is 0 Å². The molecule has 0 aliphatic carbocycles. The summed E-state index contributed by atoms with van der Waals surface area (Å²) in [6.45, 7) is 0. The molecule has 0 spiro atoms. The van der Waals surface area contributed by atoms with E-state index in [2.05, 4.69) is 37.2 Å². The minimum atomic E-state index is -0.640. The lowest BCUT2D eigenvalue weighted by Crippen LogP contribution is -2.14. The summed E-state index contributed by atoms with van der Waals surface area (Å²) in [6, 6.07) is 11.3. The number of rotatable bonds is 2. The Balaban J connectivity index is 2.35. The van der Waals surface area contributed by atoms with Gasteiger partial charge in [-0.15, -0.1) is 0 Å². The van der Waals surface area contributed by atoms with E-state index in [9.17, 15) is 9.18 Å². The van der Waals surface area contributed by atoms with Gasteiger partial charge in [-0.1, -0.05) is 22.0 Å². The Morgan fingerprint density at radius 1 is 1.25 bits per heavy atom. The van der Waals surface area contributed by atoms with Gasteiger partial charge >= 0.3 is 0 Å². The van der Waals surface area contributed by atoms with Crippen LogP contribution in [0.4, 0.5) is 10.1 Å². The lowest BCUT2D eigenvalue weighted by Gasteiger charge is -2.08. The van der Waals surface area contributed by atoms with Crippen LogP contribution in [0.3, 0.4) is 0 Å². The summed E-state index contributed by atoms with van der Waals surface area (Å²) in [5, 5.41) is 11.5. The zero-order valence-corrected chi connectivity index (χ0v) is 13.1. The first-order valence-corrected chi connectivity index (χ1v) is 7.06. The van der Waals surface area contributed by atoms with Gasteiger partial charge in [-0.3, -0.25) is 4.79 Å². The molecule has 0 unspecified atom stereocenters. The fraction of sp³-hybridized carbons (Fsp3) is 0. The molecule has 2 rings (SSSR count). The molecule has 0 saturated heterocycles. The number of halogens is 3. The molecule has 2 aromatic rings. The summed E-state index contributed by atoms with van der Waals surface area (Å²) in [5.41, 5.74) is 0.534. The van der Waals surface area contributed by atoms with Gasteiger partial charge in [0.2, 0.25) is 0 Å². The second kappa shape index (κ2) is 6.16. The summed E-state index contributed by atoms with van der Waals surface area (Å²) in [5.74, 6) is -1.25. The number of nitrogens with one attached hydrogen (secondary N) is 1. The van der Waals surface area contributed by atoms with E-state index in [1.165, 1.54) is 12.1 Å². The molecule has 0 fully saturated rings. The Hall–Kier alpha value is -1.71. The first-order valence-electron chi connectivity index (χ1n) is 5.48. The molecule has 1 amide bonds. The second-order valence-corrected chi connectivity index (χ2v) is 5.63. The summed E-state index contributed by atoms with van der Waals surface area (Å²) >= 11 is 6.28.